The molecule has 1 heteroatoms. The van der Waals surface area contributed by atoms with Crippen LogP contribution in [0.5, 0.6) is 0 Å². The quantitative estimate of drug-likeness (QED) is 0.402. The average Bonchev–Trinajstić information content (AvgIpc) is 2.29. The molecule has 0 aromatic carbocycles. The number of hydrogen-bond acceptors (Lipinski definition) is 1. The fraction of sp³-hybridized carbons (Fsp3) is 0.778. The van der Waals surface area contributed by atoms with E-state index >= 15 is 0 Å². The second-order valence-corrected chi connectivity index (χ2v) is 4.36. The first kappa shape index (κ1) is 6.78. The van der Waals surface area contributed by atoms with Crippen molar-refractivity contribution in [2.75, 3.05) is 0 Å². The first-order chi connectivity index (χ1) is 4.81. The molecule has 10 heavy (non-hydrogen) atoms. The maximum atomic E-state index is 4.74. The molecule has 2 rings (SSSR count). The number of hydrogen-bond donors (Lipinski definition) is 1. The zero-order valence-electron chi connectivity index (χ0n) is 6.27. The highest BCUT2D eigenvalue weighted by molar-refractivity contribution is 7.82. The van der Waals surface area contributed by atoms with Crippen LogP contribution in [0.15, 0.2) is 11.6 Å². The van der Waals surface area contributed by atoms with Crippen LogP contribution in [0, 0.1) is 0 Å². The molecule has 56 valence electrons. The highest BCUT2D eigenvalue weighted by Gasteiger charge is 2.35. The Morgan fingerprint density at radius 3 is 2.90 bits per heavy atom. The molecule has 0 bridgehead atoms. The van der Waals surface area contributed by atoms with Crippen LogP contribution in [0.3, 0.4) is 0 Å². The second-order valence-electron chi connectivity index (χ2n) is 3.51. The lowest BCUT2D eigenvalue weighted by Crippen LogP contribution is -2.21. The minimum Gasteiger partial charge on any atom is -0.168 e. The zero-order chi connectivity index (χ0) is 7.03. The Bertz CT molecular complexity index is 172. The monoisotopic (exact) mass is 154 g/mol. The molecule has 1 unspecified atom stereocenters. The van der Waals surface area contributed by atoms with Gasteiger partial charge in [-0.15, -0.1) is 0 Å². The summed E-state index contributed by atoms with van der Waals surface area (Å²) in [6.45, 7) is 0. The molecule has 2 aliphatic carbocycles. The maximum absolute atomic E-state index is 4.74. The van der Waals surface area contributed by atoms with E-state index in [9.17, 15) is 0 Å². The van der Waals surface area contributed by atoms with E-state index in [1.807, 2.05) is 0 Å². The maximum Gasteiger partial charge on any atom is 0.0338 e. The van der Waals surface area contributed by atoms with E-state index in [0.29, 0.717) is 4.75 Å². The summed E-state index contributed by atoms with van der Waals surface area (Å²) < 4.78 is 0.345. The van der Waals surface area contributed by atoms with Gasteiger partial charge in [-0.2, -0.15) is 12.6 Å². The van der Waals surface area contributed by atoms with E-state index in [-0.39, 0.29) is 0 Å². The Labute approximate surface area is 68.1 Å². The van der Waals surface area contributed by atoms with Gasteiger partial charge in [0.1, 0.15) is 0 Å². The van der Waals surface area contributed by atoms with Gasteiger partial charge in [0.2, 0.25) is 0 Å². The predicted molar refractivity (Wildman–Crippen MR) is 47.5 cm³/mol. The first-order valence-corrected chi connectivity index (χ1v) is 4.68. The zero-order valence-corrected chi connectivity index (χ0v) is 7.16. The lowest BCUT2D eigenvalue weighted by Gasteiger charge is -2.28. The molecule has 0 aliphatic heterocycles. The van der Waals surface area contributed by atoms with Crippen LogP contribution in [-0.4, -0.2) is 4.75 Å². The van der Waals surface area contributed by atoms with E-state index in [1.54, 1.807) is 5.57 Å². The van der Waals surface area contributed by atoms with Gasteiger partial charge < -0.3 is 0 Å². The van der Waals surface area contributed by atoms with Crippen LogP contribution < -0.4 is 0 Å². The molecule has 0 N–H and O–H groups in total. The molecule has 0 spiro atoms. The third-order valence-electron chi connectivity index (χ3n) is 2.82. The van der Waals surface area contributed by atoms with Crippen LogP contribution in [0.2, 0.25) is 0 Å². The molecular formula is C9H14S. The fourth-order valence-electron chi connectivity index (χ4n) is 2.21. The van der Waals surface area contributed by atoms with Gasteiger partial charge in [-0.25, -0.2) is 0 Å². The predicted octanol–water partition coefficient (Wildman–Crippen LogP) is 2.95. The largest absolute Gasteiger partial charge is 0.168 e. The van der Waals surface area contributed by atoms with E-state index in [1.165, 1.54) is 38.5 Å². The average molecular weight is 154 g/mol. The van der Waals surface area contributed by atoms with Crippen LogP contribution in [0.4, 0.5) is 0 Å². The number of thiol groups is 1. The Morgan fingerprint density at radius 2 is 2.10 bits per heavy atom. The molecule has 0 heterocycles. The van der Waals surface area contributed by atoms with Crippen molar-refractivity contribution in [2.24, 2.45) is 0 Å². The van der Waals surface area contributed by atoms with E-state index in [2.05, 4.69) is 6.08 Å². The lowest BCUT2D eigenvalue weighted by molar-refractivity contribution is 0.573. The molecular weight excluding hydrogens is 140 g/mol. The van der Waals surface area contributed by atoms with Crippen molar-refractivity contribution < 1.29 is 0 Å². The van der Waals surface area contributed by atoms with Crippen LogP contribution in [0.25, 0.3) is 0 Å². The molecule has 0 aromatic heterocycles. The highest BCUT2D eigenvalue weighted by Crippen LogP contribution is 2.46. The first-order valence-electron chi connectivity index (χ1n) is 4.23. The third kappa shape index (κ3) is 0.914. The molecule has 1 fully saturated rings. The van der Waals surface area contributed by atoms with Gasteiger partial charge in [0.05, 0.1) is 0 Å². The van der Waals surface area contributed by atoms with E-state index in [4.69, 9.17) is 12.6 Å². The molecule has 0 amide bonds. The minimum absolute atomic E-state index is 0.345. The van der Waals surface area contributed by atoms with Gasteiger partial charge in [-0.05, 0) is 38.5 Å². The van der Waals surface area contributed by atoms with Gasteiger partial charge >= 0.3 is 0 Å². The summed E-state index contributed by atoms with van der Waals surface area (Å²) in [7, 11) is 0. The van der Waals surface area contributed by atoms with E-state index in [0.717, 1.165) is 0 Å². The Morgan fingerprint density at radius 1 is 1.30 bits per heavy atom. The smallest absolute Gasteiger partial charge is 0.0338 e. The summed E-state index contributed by atoms with van der Waals surface area (Å²) in [5.74, 6) is 0. The molecule has 2 aliphatic rings. The van der Waals surface area contributed by atoms with Gasteiger partial charge in [0.15, 0.2) is 0 Å². The van der Waals surface area contributed by atoms with Crippen molar-refractivity contribution in [3.63, 3.8) is 0 Å². The molecule has 1 atom stereocenters. The van der Waals surface area contributed by atoms with Crippen molar-refractivity contribution in [1.29, 1.82) is 0 Å². The number of fused-ring (bicyclic) bond motifs is 1. The summed E-state index contributed by atoms with van der Waals surface area (Å²) in [6, 6.07) is 0. The second kappa shape index (κ2) is 2.30. The fourth-order valence-corrected chi connectivity index (χ4v) is 2.73. The van der Waals surface area contributed by atoms with Crippen molar-refractivity contribution >= 4 is 12.6 Å². The van der Waals surface area contributed by atoms with Crippen molar-refractivity contribution in [1.82, 2.24) is 0 Å². The summed E-state index contributed by atoms with van der Waals surface area (Å²) in [6.07, 6.45) is 10.4. The number of allylic oxidation sites excluding steroid dienone is 1. The Kier molecular flexibility index (Phi) is 1.56. The molecule has 0 saturated heterocycles. The summed E-state index contributed by atoms with van der Waals surface area (Å²) in [4.78, 5) is 0. The topological polar surface area (TPSA) is 0 Å². The Hall–Kier alpha value is 0.0900. The van der Waals surface area contributed by atoms with Gasteiger partial charge in [0.25, 0.3) is 0 Å². The molecule has 0 nitrogen and oxygen atoms in total. The lowest BCUT2D eigenvalue weighted by atomic mass is 9.89. The molecule has 0 radical (unpaired) electrons. The summed E-state index contributed by atoms with van der Waals surface area (Å²) in [5.41, 5.74) is 1.64. The van der Waals surface area contributed by atoms with Crippen molar-refractivity contribution in [3.8, 4) is 0 Å². The summed E-state index contributed by atoms with van der Waals surface area (Å²) >= 11 is 4.74. The SMILES string of the molecule is SC12CCCC=C1CCC2. The standard InChI is InChI=1S/C9H14S/c10-9-6-2-1-4-8(9)5-3-7-9/h4,10H,1-3,5-7H2. The third-order valence-corrected chi connectivity index (χ3v) is 3.55. The van der Waals surface area contributed by atoms with Crippen LogP contribution >= 0.6 is 12.6 Å². The highest BCUT2D eigenvalue weighted by atomic mass is 32.1. The van der Waals surface area contributed by atoms with Crippen LogP contribution in [-0.2, 0) is 0 Å². The van der Waals surface area contributed by atoms with Gasteiger partial charge in [-0.1, -0.05) is 11.6 Å². The number of rotatable bonds is 0. The van der Waals surface area contributed by atoms with Crippen LogP contribution in [0.1, 0.15) is 38.5 Å². The summed E-state index contributed by atoms with van der Waals surface area (Å²) in [5, 5.41) is 0. The Balaban J connectivity index is 2.28. The normalized spacial score (nSPS) is 39.1. The van der Waals surface area contributed by atoms with E-state index < -0.39 is 0 Å². The molecule has 0 aromatic rings. The molecule has 1 saturated carbocycles. The van der Waals surface area contributed by atoms with Gasteiger partial charge in [-0.3, -0.25) is 0 Å². The van der Waals surface area contributed by atoms with Crippen molar-refractivity contribution in [3.05, 3.63) is 11.6 Å². The minimum atomic E-state index is 0.345. The van der Waals surface area contributed by atoms with Crippen molar-refractivity contribution in [2.45, 2.75) is 43.3 Å². The van der Waals surface area contributed by atoms with Gasteiger partial charge in [0, 0.05) is 4.75 Å².